The summed E-state index contributed by atoms with van der Waals surface area (Å²) in [5.74, 6) is -0.567. The first-order chi connectivity index (χ1) is 8.92. The van der Waals surface area contributed by atoms with E-state index < -0.39 is 16.0 Å². The SMILES string of the molecule is C=CCCNS(=O)(=O)c1cc(C(=O)OC)ccc1C. The summed E-state index contributed by atoms with van der Waals surface area (Å²) in [4.78, 5) is 11.5. The van der Waals surface area contributed by atoms with Crippen molar-refractivity contribution in [2.45, 2.75) is 18.2 Å². The molecule has 1 N–H and O–H groups in total. The van der Waals surface area contributed by atoms with Gasteiger partial charge in [-0.3, -0.25) is 0 Å². The van der Waals surface area contributed by atoms with Gasteiger partial charge in [0, 0.05) is 6.54 Å². The Kier molecular flexibility index (Phi) is 5.26. The van der Waals surface area contributed by atoms with Gasteiger partial charge in [-0.15, -0.1) is 6.58 Å². The van der Waals surface area contributed by atoms with Crippen molar-refractivity contribution < 1.29 is 17.9 Å². The lowest BCUT2D eigenvalue weighted by Crippen LogP contribution is -2.25. The molecule has 0 aliphatic heterocycles. The summed E-state index contributed by atoms with van der Waals surface area (Å²) in [6.45, 7) is 5.46. The van der Waals surface area contributed by atoms with Crippen LogP contribution in [0.1, 0.15) is 22.3 Å². The molecule has 0 aliphatic rings. The van der Waals surface area contributed by atoms with Gasteiger partial charge >= 0.3 is 5.97 Å². The van der Waals surface area contributed by atoms with Crippen LogP contribution in [0.3, 0.4) is 0 Å². The lowest BCUT2D eigenvalue weighted by atomic mass is 10.1. The van der Waals surface area contributed by atoms with E-state index in [1.54, 1.807) is 19.1 Å². The third-order valence-corrected chi connectivity index (χ3v) is 4.14. The number of nitrogens with one attached hydrogen (secondary N) is 1. The van der Waals surface area contributed by atoms with Gasteiger partial charge in [0.1, 0.15) is 0 Å². The van der Waals surface area contributed by atoms with Gasteiger partial charge < -0.3 is 4.74 Å². The Balaban J connectivity index is 3.11. The maximum atomic E-state index is 12.1. The van der Waals surface area contributed by atoms with Crippen LogP contribution >= 0.6 is 0 Å². The predicted octanol–water partition coefficient (Wildman–Crippen LogP) is 1.64. The number of carbonyl (C=O) groups is 1. The van der Waals surface area contributed by atoms with E-state index in [4.69, 9.17) is 0 Å². The minimum atomic E-state index is -3.63. The lowest BCUT2D eigenvalue weighted by Gasteiger charge is -2.10. The first-order valence-corrected chi connectivity index (χ1v) is 7.20. The third kappa shape index (κ3) is 3.90. The minimum absolute atomic E-state index is 0.0828. The first-order valence-electron chi connectivity index (χ1n) is 5.72. The van der Waals surface area contributed by atoms with Crippen molar-refractivity contribution in [1.82, 2.24) is 4.72 Å². The molecular weight excluding hydrogens is 266 g/mol. The molecule has 0 spiro atoms. The zero-order chi connectivity index (χ0) is 14.5. The van der Waals surface area contributed by atoms with Crippen LogP contribution in [0.4, 0.5) is 0 Å². The summed E-state index contributed by atoms with van der Waals surface area (Å²) >= 11 is 0. The van der Waals surface area contributed by atoms with Gasteiger partial charge in [-0.2, -0.15) is 0 Å². The van der Waals surface area contributed by atoms with E-state index >= 15 is 0 Å². The van der Waals surface area contributed by atoms with Crippen LogP contribution in [0.25, 0.3) is 0 Å². The monoisotopic (exact) mass is 283 g/mol. The highest BCUT2D eigenvalue weighted by atomic mass is 32.2. The smallest absolute Gasteiger partial charge is 0.337 e. The Morgan fingerprint density at radius 3 is 2.74 bits per heavy atom. The van der Waals surface area contributed by atoms with Crippen molar-refractivity contribution in [2.75, 3.05) is 13.7 Å². The molecule has 1 aromatic carbocycles. The Bertz CT molecular complexity index is 578. The summed E-state index contributed by atoms with van der Waals surface area (Å²) in [5, 5.41) is 0. The zero-order valence-electron chi connectivity index (χ0n) is 11.0. The van der Waals surface area contributed by atoms with Crippen LogP contribution in [-0.4, -0.2) is 28.0 Å². The maximum absolute atomic E-state index is 12.1. The fraction of sp³-hybridized carbons (Fsp3) is 0.308. The molecule has 0 fully saturated rings. The zero-order valence-corrected chi connectivity index (χ0v) is 11.8. The van der Waals surface area contributed by atoms with Gasteiger partial charge in [0.05, 0.1) is 17.6 Å². The molecule has 0 heterocycles. The van der Waals surface area contributed by atoms with Crippen molar-refractivity contribution in [3.05, 3.63) is 42.0 Å². The Hall–Kier alpha value is -1.66. The van der Waals surface area contributed by atoms with Gasteiger partial charge in [-0.05, 0) is 31.0 Å². The van der Waals surface area contributed by atoms with Crippen LogP contribution in [0.5, 0.6) is 0 Å². The van der Waals surface area contributed by atoms with E-state index in [0.717, 1.165) is 0 Å². The van der Waals surface area contributed by atoms with Gasteiger partial charge in [0.25, 0.3) is 0 Å². The highest BCUT2D eigenvalue weighted by Crippen LogP contribution is 2.17. The Morgan fingerprint density at radius 1 is 1.47 bits per heavy atom. The van der Waals surface area contributed by atoms with Crippen LogP contribution in [0.15, 0.2) is 35.7 Å². The molecule has 0 bridgehead atoms. The highest BCUT2D eigenvalue weighted by molar-refractivity contribution is 7.89. The van der Waals surface area contributed by atoms with E-state index in [0.29, 0.717) is 12.0 Å². The molecule has 19 heavy (non-hydrogen) atoms. The number of ether oxygens (including phenoxy) is 1. The van der Waals surface area contributed by atoms with Gasteiger partial charge in [0.2, 0.25) is 10.0 Å². The first kappa shape index (κ1) is 15.4. The van der Waals surface area contributed by atoms with E-state index in [-0.39, 0.29) is 17.0 Å². The number of carbonyl (C=O) groups excluding carboxylic acids is 1. The average molecular weight is 283 g/mol. The minimum Gasteiger partial charge on any atom is -0.465 e. The Morgan fingerprint density at radius 2 is 2.16 bits per heavy atom. The molecule has 104 valence electrons. The Labute approximate surface area is 113 Å². The fourth-order valence-electron chi connectivity index (χ4n) is 1.51. The molecule has 0 saturated heterocycles. The summed E-state index contributed by atoms with van der Waals surface area (Å²) in [7, 11) is -2.38. The van der Waals surface area contributed by atoms with Crippen LogP contribution < -0.4 is 4.72 Å². The number of sulfonamides is 1. The van der Waals surface area contributed by atoms with E-state index in [1.807, 2.05) is 0 Å². The molecule has 0 saturated carbocycles. The molecule has 0 aromatic heterocycles. The van der Waals surface area contributed by atoms with Gasteiger partial charge in [-0.1, -0.05) is 12.1 Å². The number of rotatable bonds is 6. The summed E-state index contributed by atoms with van der Waals surface area (Å²) in [6, 6.07) is 4.43. The standard InChI is InChI=1S/C13H17NO4S/c1-4-5-8-14-19(16,17)12-9-11(13(15)18-3)7-6-10(12)2/h4,6-7,9,14H,1,5,8H2,2-3H3. The lowest BCUT2D eigenvalue weighted by molar-refractivity contribution is 0.0600. The molecule has 6 heteroatoms. The number of esters is 1. The largest absolute Gasteiger partial charge is 0.465 e. The second-order valence-electron chi connectivity index (χ2n) is 3.95. The van der Waals surface area contributed by atoms with E-state index in [2.05, 4.69) is 16.0 Å². The van der Waals surface area contributed by atoms with E-state index in [1.165, 1.54) is 19.2 Å². The fourth-order valence-corrected chi connectivity index (χ4v) is 2.82. The van der Waals surface area contributed by atoms with Crippen LogP contribution in [-0.2, 0) is 14.8 Å². The molecule has 0 radical (unpaired) electrons. The van der Waals surface area contributed by atoms with E-state index in [9.17, 15) is 13.2 Å². The highest BCUT2D eigenvalue weighted by Gasteiger charge is 2.18. The van der Waals surface area contributed by atoms with Gasteiger partial charge in [-0.25, -0.2) is 17.9 Å². The van der Waals surface area contributed by atoms with Crippen molar-refractivity contribution >= 4 is 16.0 Å². The number of benzene rings is 1. The number of hydrogen-bond acceptors (Lipinski definition) is 4. The van der Waals surface area contributed by atoms with Crippen molar-refractivity contribution in [2.24, 2.45) is 0 Å². The van der Waals surface area contributed by atoms with Crippen LogP contribution in [0.2, 0.25) is 0 Å². The van der Waals surface area contributed by atoms with Crippen molar-refractivity contribution in [3.63, 3.8) is 0 Å². The number of aryl methyl sites for hydroxylation is 1. The molecular formula is C13H17NO4S. The molecule has 1 rings (SSSR count). The second-order valence-corrected chi connectivity index (χ2v) is 5.68. The molecule has 0 amide bonds. The van der Waals surface area contributed by atoms with Crippen molar-refractivity contribution in [1.29, 1.82) is 0 Å². The average Bonchev–Trinajstić information content (AvgIpc) is 2.38. The number of hydrogen-bond donors (Lipinski definition) is 1. The summed E-state index contributed by atoms with van der Waals surface area (Å²) < 4.78 is 31.2. The third-order valence-electron chi connectivity index (χ3n) is 2.54. The summed E-state index contributed by atoms with van der Waals surface area (Å²) in [5.41, 5.74) is 0.774. The topological polar surface area (TPSA) is 72.5 Å². The number of methoxy groups -OCH3 is 1. The molecule has 0 unspecified atom stereocenters. The molecule has 0 aliphatic carbocycles. The quantitative estimate of drug-likeness (QED) is 0.489. The predicted molar refractivity (Wildman–Crippen MR) is 72.5 cm³/mol. The normalized spacial score (nSPS) is 11.1. The maximum Gasteiger partial charge on any atom is 0.337 e. The second kappa shape index (κ2) is 6.49. The molecule has 5 nitrogen and oxygen atoms in total. The summed E-state index contributed by atoms with van der Waals surface area (Å²) in [6.07, 6.45) is 2.16. The molecule has 1 aromatic rings. The van der Waals surface area contributed by atoms with Crippen molar-refractivity contribution in [3.8, 4) is 0 Å². The van der Waals surface area contributed by atoms with Crippen LogP contribution in [0, 0.1) is 6.92 Å². The molecule has 0 atom stereocenters. The van der Waals surface area contributed by atoms with Gasteiger partial charge in [0.15, 0.2) is 0 Å².